The monoisotopic (exact) mass is 624 g/mol. The molecule has 0 spiro atoms. The molecule has 0 radical (unpaired) electrons. The summed E-state index contributed by atoms with van der Waals surface area (Å²) in [5, 5.41) is 6.44. The minimum atomic E-state index is -4.80. The van der Waals surface area contributed by atoms with Crippen molar-refractivity contribution < 1.29 is 45.1 Å². The highest BCUT2D eigenvalue weighted by Gasteiger charge is 2.36. The third-order valence-electron chi connectivity index (χ3n) is 6.37. The zero-order valence-corrected chi connectivity index (χ0v) is 24.1. The SMILES string of the molecule is C=C(NC(=O)OC(C)(C)C)N1CCC[C@H]1c1nc(-c2ccc(OC/C=C/c3cccc(C(F)(F)F)c3)c(C(F)(F)F)c2)no1. The zero-order valence-electron chi connectivity index (χ0n) is 24.1. The van der Waals surface area contributed by atoms with Crippen LogP contribution in [0.1, 0.15) is 62.2 Å². The predicted molar refractivity (Wildman–Crippen MR) is 148 cm³/mol. The van der Waals surface area contributed by atoms with Gasteiger partial charge in [0.15, 0.2) is 0 Å². The number of nitrogens with zero attached hydrogens (tertiary/aromatic N) is 3. The molecule has 1 fully saturated rings. The minimum absolute atomic E-state index is 0.0226. The summed E-state index contributed by atoms with van der Waals surface area (Å²) in [5.74, 6) is -0.174. The molecule has 4 rings (SSSR count). The van der Waals surface area contributed by atoms with E-state index in [1.807, 2.05) is 0 Å². The number of hydrogen-bond donors (Lipinski definition) is 1. The van der Waals surface area contributed by atoms with Crippen LogP contribution in [0.4, 0.5) is 31.1 Å². The summed E-state index contributed by atoms with van der Waals surface area (Å²) in [5.41, 5.74) is -2.41. The van der Waals surface area contributed by atoms with E-state index in [1.165, 1.54) is 30.4 Å². The first kappa shape index (κ1) is 32.4. The maximum atomic E-state index is 13.9. The number of rotatable bonds is 8. The van der Waals surface area contributed by atoms with Gasteiger partial charge in [-0.25, -0.2) is 4.79 Å². The summed E-state index contributed by atoms with van der Waals surface area (Å²) in [6.07, 6.45) is -6.08. The van der Waals surface area contributed by atoms with Gasteiger partial charge >= 0.3 is 18.4 Å². The van der Waals surface area contributed by atoms with Gasteiger partial charge in [-0.1, -0.05) is 29.9 Å². The van der Waals surface area contributed by atoms with Crippen LogP contribution in [-0.4, -0.2) is 39.9 Å². The topological polar surface area (TPSA) is 89.7 Å². The average molecular weight is 625 g/mol. The molecule has 0 bridgehead atoms. The number of benzene rings is 2. The number of alkyl carbamates (subject to hydrolysis) is 1. The molecule has 14 heteroatoms. The highest BCUT2D eigenvalue weighted by atomic mass is 19.4. The van der Waals surface area contributed by atoms with Gasteiger partial charge in [-0.15, -0.1) is 0 Å². The Bertz CT molecular complexity index is 1520. The number of alkyl halides is 6. The molecule has 44 heavy (non-hydrogen) atoms. The number of hydrogen-bond acceptors (Lipinski definition) is 7. The summed E-state index contributed by atoms with van der Waals surface area (Å²) >= 11 is 0. The molecule has 1 N–H and O–H groups in total. The molecular weight excluding hydrogens is 594 g/mol. The molecule has 1 aliphatic heterocycles. The number of carbonyl (C=O) groups excluding carboxylic acids is 1. The van der Waals surface area contributed by atoms with Crippen molar-refractivity contribution in [3.63, 3.8) is 0 Å². The highest BCUT2D eigenvalue weighted by Crippen LogP contribution is 2.39. The van der Waals surface area contributed by atoms with Crippen molar-refractivity contribution in [2.75, 3.05) is 13.2 Å². The molecule has 1 atom stereocenters. The molecule has 1 aromatic heterocycles. The number of carbonyl (C=O) groups is 1. The van der Waals surface area contributed by atoms with Gasteiger partial charge in [0.1, 0.15) is 29.8 Å². The molecule has 0 unspecified atom stereocenters. The lowest BCUT2D eigenvalue weighted by Crippen LogP contribution is -2.37. The Labute approximate surface area is 249 Å². The number of nitrogens with one attached hydrogen (secondary N) is 1. The van der Waals surface area contributed by atoms with Crippen LogP contribution in [0.3, 0.4) is 0 Å². The third kappa shape index (κ3) is 8.32. The van der Waals surface area contributed by atoms with Gasteiger partial charge in [-0.05, 0) is 75.6 Å². The van der Waals surface area contributed by atoms with E-state index in [4.69, 9.17) is 14.0 Å². The molecule has 8 nitrogen and oxygen atoms in total. The van der Waals surface area contributed by atoms with Crippen LogP contribution >= 0.6 is 0 Å². The van der Waals surface area contributed by atoms with Gasteiger partial charge in [-0.3, -0.25) is 5.32 Å². The third-order valence-corrected chi connectivity index (χ3v) is 6.37. The Morgan fingerprint density at radius 3 is 2.55 bits per heavy atom. The van der Waals surface area contributed by atoms with Crippen molar-refractivity contribution in [1.29, 1.82) is 0 Å². The molecule has 1 aliphatic rings. The second-order valence-electron chi connectivity index (χ2n) is 10.9. The van der Waals surface area contributed by atoms with Gasteiger partial charge in [0.05, 0.1) is 11.1 Å². The van der Waals surface area contributed by atoms with Crippen molar-refractivity contribution in [2.24, 2.45) is 0 Å². The van der Waals surface area contributed by atoms with Gasteiger partial charge in [0.25, 0.3) is 0 Å². The van der Waals surface area contributed by atoms with Crippen LogP contribution < -0.4 is 10.1 Å². The fourth-order valence-electron chi connectivity index (χ4n) is 4.48. The van der Waals surface area contributed by atoms with Crippen LogP contribution in [0.25, 0.3) is 17.5 Å². The molecule has 2 aromatic carbocycles. The molecule has 3 aromatic rings. The lowest BCUT2D eigenvalue weighted by molar-refractivity contribution is -0.139. The second kappa shape index (κ2) is 12.6. The maximum Gasteiger partial charge on any atom is 0.419 e. The van der Waals surface area contributed by atoms with E-state index in [9.17, 15) is 31.1 Å². The van der Waals surface area contributed by atoms with Crippen LogP contribution in [0.2, 0.25) is 0 Å². The summed E-state index contributed by atoms with van der Waals surface area (Å²) < 4.78 is 96.5. The van der Waals surface area contributed by atoms with Gasteiger partial charge in [0, 0.05) is 12.1 Å². The van der Waals surface area contributed by atoms with E-state index in [2.05, 4.69) is 22.0 Å². The Morgan fingerprint density at radius 2 is 1.86 bits per heavy atom. The first-order valence-corrected chi connectivity index (χ1v) is 13.5. The van der Waals surface area contributed by atoms with E-state index < -0.39 is 47.0 Å². The van der Waals surface area contributed by atoms with Gasteiger partial charge < -0.3 is 18.9 Å². The van der Waals surface area contributed by atoms with E-state index in [0.29, 0.717) is 19.4 Å². The smallest absolute Gasteiger partial charge is 0.419 e. The number of amides is 1. The minimum Gasteiger partial charge on any atom is -0.489 e. The predicted octanol–water partition coefficient (Wildman–Crippen LogP) is 8.00. The molecule has 0 saturated carbocycles. The summed E-state index contributed by atoms with van der Waals surface area (Å²) in [6.45, 7) is 9.24. The molecule has 1 saturated heterocycles. The standard InChI is InChI=1S/C30H30F6N4O4/c1-18(37-27(41)43-28(2,3)4)40-14-6-11-23(40)26-38-25(39-44-26)20-12-13-24(22(17-20)30(34,35)36)42-15-7-9-19-8-5-10-21(16-19)29(31,32)33/h5,7-10,12-13,16-17,23H,1,6,11,14-15H2,2-4H3,(H,37,41)/b9-7+/t23-/m0/s1. The number of halogens is 6. The van der Waals surface area contributed by atoms with E-state index >= 15 is 0 Å². The molecule has 0 aliphatic carbocycles. The van der Waals surface area contributed by atoms with Crippen molar-refractivity contribution in [1.82, 2.24) is 20.4 Å². The van der Waals surface area contributed by atoms with Crippen molar-refractivity contribution in [2.45, 2.75) is 57.6 Å². The van der Waals surface area contributed by atoms with Crippen molar-refractivity contribution in [3.05, 3.63) is 83.5 Å². The van der Waals surface area contributed by atoms with E-state index in [1.54, 1.807) is 25.7 Å². The number of ether oxygens (including phenoxy) is 2. The number of likely N-dealkylation sites (tertiary alicyclic amines) is 1. The Hall–Kier alpha value is -4.49. The zero-order chi connectivity index (χ0) is 32.3. The average Bonchev–Trinajstić information content (AvgIpc) is 3.59. The second-order valence-corrected chi connectivity index (χ2v) is 10.9. The normalized spacial score (nSPS) is 15.9. The Morgan fingerprint density at radius 1 is 1.11 bits per heavy atom. The highest BCUT2D eigenvalue weighted by molar-refractivity contribution is 5.69. The number of aromatic nitrogens is 2. The summed E-state index contributed by atoms with van der Waals surface area (Å²) in [4.78, 5) is 18.2. The lowest BCUT2D eigenvalue weighted by Gasteiger charge is -2.27. The Balaban J connectivity index is 1.46. The molecule has 236 valence electrons. The van der Waals surface area contributed by atoms with Gasteiger partial charge in [-0.2, -0.15) is 31.3 Å². The van der Waals surface area contributed by atoms with Crippen LogP contribution in [0.15, 0.2) is 65.5 Å². The lowest BCUT2D eigenvalue weighted by atomic mass is 10.1. The molecular formula is C30H30F6N4O4. The fourth-order valence-corrected chi connectivity index (χ4v) is 4.48. The van der Waals surface area contributed by atoms with Gasteiger partial charge in [0.2, 0.25) is 11.7 Å². The van der Waals surface area contributed by atoms with Crippen LogP contribution in [-0.2, 0) is 17.1 Å². The summed E-state index contributed by atoms with van der Waals surface area (Å²) in [6, 6.07) is 7.31. The van der Waals surface area contributed by atoms with Crippen molar-refractivity contribution in [3.8, 4) is 17.1 Å². The van der Waals surface area contributed by atoms with E-state index in [0.717, 1.165) is 24.3 Å². The first-order chi connectivity index (χ1) is 20.5. The first-order valence-electron chi connectivity index (χ1n) is 13.5. The summed E-state index contributed by atoms with van der Waals surface area (Å²) in [7, 11) is 0. The van der Waals surface area contributed by atoms with E-state index in [-0.39, 0.29) is 35.3 Å². The fraction of sp³-hybridized carbons (Fsp3) is 0.367. The van der Waals surface area contributed by atoms with Crippen LogP contribution in [0.5, 0.6) is 5.75 Å². The van der Waals surface area contributed by atoms with Crippen molar-refractivity contribution >= 4 is 12.2 Å². The molecule has 1 amide bonds. The molecule has 2 heterocycles. The quantitative estimate of drug-likeness (QED) is 0.254. The van der Waals surface area contributed by atoms with Crippen LogP contribution in [0, 0.1) is 0 Å². The largest absolute Gasteiger partial charge is 0.489 e. The maximum absolute atomic E-state index is 13.9. The Kier molecular flexibility index (Phi) is 9.30.